The van der Waals surface area contributed by atoms with Gasteiger partial charge in [-0.15, -0.1) is 0 Å². The lowest BCUT2D eigenvalue weighted by Gasteiger charge is -2.14. The number of carbonyl (C=O) groups excluding carboxylic acids is 1. The minimum atomic E-state index is -0.0183. The Labute approximate surface area is 156 Å². The molecule has 0 aliphatic carbocycles. The van der Waals surface area contributed by atoms with Crippen molar-refractivity contribution in [2.45, 2.75) is 13.1 Å². The second kappa shape index (κ2) is 7.95. The Bertz CT molecular complexity index is 783. The van der Waals surface area contributed by atoms with Gasteiger partial charge in [-0.2, -0.15) is 0 Å². The topological polar surface area (TPSA) is 52.0 Å². The van der Waals surface area contributed by atoms with Gasteiger partial charge in [-0.3, -0.25) is 4.79 Å². The van der Waals surface area contributed by atoms with Gasteiger partial charge in [0.1, 0.15) is 6.54 Å². The molecule has 1 amide bonds. The molecular formula is C18H19Cl2N2O3+. The van der Waals surface area contributed by atoms with Gasteiger partial charge in [-0.1, -0.05) is 35.3 Å². The Kier molecular flexibility index (Phi) is 5.68. The maximum Gasteiger partial charge on any atom is 0.275 e. The van der Waals surface area contributed by atoms with E-state index in [1.807, 2.05) is 37.4 Å². The van der Waals surface area contributed by atoms with E-state index in [0.717, 1.165) is 21.8 Å². The maximum atomic E-state index is 12.1. The van der Waals surface area contributed by atoms with Gasteiger partial charge in [0, 0.05) is 12.1 Å². The molecule has 0 radical (unpaired) electrons. The average Bonchev–Trinajstić information content (AvgIpc) is 3.04. The standard InChI is InChI=1S/C18H18Cl2N2O3/c1-22(9-13-2-4-14(19)15(20)6-13)10-18(23)21-8-12-3-5-16-17(7-12)25-11-24-16/h2-7H,8-11H2,1H3,(H,21,23)/p+1. The zero-order valence-electron chi connectivity index (χ0n) is 13.8. The van der Waals surface area contributed by atoms with Crippen molar-refractivity contribution in [2.24, 2.45) is 0 Å². The van der Waals surface area contributed by atoms with E-state index in [1.165, 1.54) is 0 Å². The van der Waals surface area contributed by atoms with Crippen LogP contribution in [0.3, 0.4) is 0 Å². The van der Waals surface area contributed by atoms with Crippen LogP contribution in [0.2, 0.25) is 10.0 Å². The lowest BCUT2D eigenvalue weighted by atomic mass is 10.2. The van der Waals surface area contributed by atoms with Gasteiger partial charge in [0.05, 0.1) is 17.1 Å². The number of nitrogens with one attached hydrogen (secondary N) is 2. The van der Waals surface area contributed by atoms with Crippen LogP contribution in [0.15, 0.2) is 36.4 Å². The van der Waals surface area contributed by atoms with Gasteiger partial charge in [-0.25, -0.2) is 0 Å². The number of amides is 1. The van der Waals surface area contributed by atoms with E-state index in [0.29, 0.717) is 35.4 Å². The summed E-state index contributed by atoms with van der Waals surface area (Å²) in [5.41, 5.74) is 2.01. The molecule has 0 saturated carbocycles. The van der Waals surface area contributed by atoms with Crippen molar-refractivity contribution in [1.82, 2.24) is 5.32 Å². The molecule has 2 aromatic carbocycles. The van der Waals surface area contributed by atoms with Crippen LogP contribution in [-0.4, -0.2) is 26.3 Å². The van der Waals surface area contributed by atoms with Crippen LogP contribution in [-0.2, 0) is 17.9 Å². The van der Waals surface area contributed by atoms with E-state index in [9.17, 15) is 4.79 Å². The summed E-state index contributed by atoms with van der Waals surface area (Å²) in [5.74, 6) is 1.44. The summed E-state index contributed by atoms with van der Waals surface area (Å²) in [6, 6.07) is 11.2. The van der Waals surface area contributed by atoms with Gasteiger partial charge in [0.2, 0.25) is 6.79 Å². The number of rotatable bonds is 6. The molecule has 0 spiro atoms. The fraction of sp³-hybridized carbons (Fsp3) is 0.278. The van der Waals surface area contributed by atoms with Crippen molar-refractivity contribution in [1.29, 1.82) is 0 Å². The van der Waals surface area contributed by atoms with Crippen molar-refractivity contribution < 1.29 is 19.2 Å². The van der Waals surface area contributed by atoms with Gasteiger partial charge < -0.3 is 19.7 Å². The van der Waals surface area contributed by atoms with Crippen LogP contribution >= 0.6 is 23.2 Å². The van der Waals surface area contributed by atoms with Crippen LogP contribution in [0.25, 0.3) is 0 Å². The molecule has 0 saturated heterocycles. The highest BCUT2D eigenvalue weighted by Crippen LogP contribution is 2.32. The van der Waals surface area contributed by atoms with Gasteiger partial charge in [-0.05, 0) is 29.8 Å². The van der Waals surface area contributed by atoms with E-state index < -0.39 is 0 Å². The van der Waals surface area contributed by atoms with Crippen molar-refractivity contribution in [3.05, 3.63) is 57.6 Å². The van der Waals surface area contributed by atoms with E-state index in [4.69, 9.17) is 32.7 Å². The fourth-order valence-corrected chi connectivity index (χ4v) is 2.97. The number of ether oxygens (including phenoxy) is 2. The molecule has 1 heterocycles. The maximum absolute atomic E-state index is 12.1. The number of carbonyl (C=O) groups is 1. The highest BCUT2D eigenvalue weighted by Gasteiger charge is 2.14. The smallest absolute Gasteiger partial charge is 0.275 e. The number of hydrogen-bond acceptors (Lipinski definition) is 3. The number of halogens is 2. The minimum Gasteiger partial charge on any atom is -0.454 e. The second-order valence-corrected chi connectivity index (χ2v) is 6.84. The average molecular weight is 382 g/mol. The van der Waals surface area contributed by atoms with Gasteiger partial charge in [0.15, 0.2) is 18.0 Å². The molecule has 1 atom stereocenters. The summed E-state index contributed by atoms with van der Waals surface area (Å²) in [7, 11) is 1.96. The number of benzene rings is 2. The predicted molar refractivity (Wildman–Crippen MR) is 96.3 cm³/mol. The Hall–Kier alpha value is -1.95. The molecule has 2 N–H and O–H groups in total. The van der Waals surface area contributed by atoms with E-state index in [1.54, 1.807) is 6.07 Å². The first-order valence-electron chi connectivity index (χ1n) is 7.92. The van der Waals surface area contributed by atoms with Crippen LogP contribution in [0.1, 0.15) is 11.1 Å². The zero-order chi connectivity index (χ0) is 17.8. The molecule has 2 aromatic rings. The molecule has 132 valence electrons. The summed E-state index contributed by atoms with van der Waals surface area (Å²) in [4.78, 5) is 13.2. The highest BCUT2D eigenvalue weighted by molar-refractivity contribution is 6.42. The summed E-state index contributed by atoms with van der Waals surface area (Å²) < 4.78 is 10.6. The van der Waals surface area contributed by atoms with Crippen LogP contribution in [0.4, 0.5) is 0 Å². The summed E-state index contributed by atoms with van der Waals surface area (Å²) >= 11 is 11.9. The van der Waals surface area contributed by atoms with Crippen molar-refractivity contribution in [3.63, 3.8) is 0 Å². The Morgan fingerprint density at radius 3 is 2.64 bits per heavy atom. The van der Waals surface area contributed by atoms with Gasteiger partial charge in [0.25, 0.3) is 5.91 Å². The van der Waals surface area contributed by atoms with Crippen LogP contribution in [0.5, 0.6) is 11.5 Å². The second-order valence-electron chi connectivity index (χ2n) is 6.02. The Balaban J connectivity index is 1.47. The van der Waals surface area contributed by atoms with Crippen molar-refractivity contribution >= 4 is 29.1 Å². The quantitative estimate of drug-likeness (QED) is 0.804. The first-order chi connectivity index (χ1) is 12.0. The lowest BCUT2D eigenvalue weighted by Crippen LogP contribution is -3.08. The summed E-state index contributed by atoms with van der Waals surface area (Å²) in [6.07, 6.45) is 0. The minimum absolute atomic E-state index is 0.0183. The third-order valence-corrected chi connectivity index (χ3v) is 4.62. The molecule has 1 aliphatic heterocycles. The molecule has 1 aliphatic rings. The molecule has 0 fully saturated rings. The SMILES string of the molecule is C[NH+](CC(=O)NCc1ccc2c(c1)OCO2)Cc1ccc(Cl)c(Cl)c1. The normalized spacial score (nSPS) is 13.6. The van der Waals surface area contributed by atoms with E-state index in [-0.39, 0.29) is 12.7 Å². The zero-order valence-corrected chi connectivity index (χ0v) is 15.3. The molecule has 5 nitrogen and oxygen atoms in total. The molecule has 0 bridgehead atoms. The van der Waals surface area contributed by atoms with Crippen LogP contribution in [0, 0.1) is 0 Å². The highest BCUT2D eigenvalue weighted by atomic mass is 35.5. The van der Waals surface area contributed by atoms with Crippen molar-refractivity contribution in [3.8, 4) is 11.5 Å². The summed E-state index contributed by atoms with van der Waals surface area (Å²) in [5, 5.41) is 3.98. The fourth-order valence-electron chi connectivity index (χ4n) is 2.65. The number of fused-ring (bicyclic) bond motifs is 1. The largest absolute Gasteiger partial charge is 0.454 e. The van der Waals surface area contributed by atoms with Gasteiger partial charge >= 0.3 is 0 Å². The third kappa shape index (κ3) is 4.78. The monoisotopic (exact) mass is 381 g/mol. The first-order valence-corrected chi connectivity index (χ1v) is 8.67. The van der Waals surface area contributed by atoms with E-state index >= 15 is 0 Å². The number of quaternary nitrogens is 1. The van der Waals surface area contributed by atoms with Crippen molar-refractivity contribution in [2.75, 3.05) is 20.4 Å². The van der Waals surface area contributed by atoms with E-state index in [2.05, 4.69) is 5.32 Å². The van der Waals surface area contributed by atoms with Crippen LogP contribution < -0.4 is 19.7 Å². The number of likely N-dealkylation sites (N-methyl/N-ethyl adjacent to an activating group) is 1. The molecule has 3 rings (SSSR count). The predicted octanol–water partition coefficient (Wildman–Crippen LogP) is 2.05. The first kappa shape index (κ1) is 17.9. The Morgan fingerprint density at radius 1 is 1.08 bits per heavy atom. The lowest BCUT2D eigenvalue weighted by molar-refractivity contribution is -0.885. The number of hydrogen-bond donors (Lipinski definition) is 2. The molecule has 1 unspecified atom stereocenters. The summed E-state index contributed by atoms with van der Waals surface area (Å²) in [6.45, 7) is 1.75. The molecular weight excluding hydrogens is 363 g/mol. The molecule has 25 heavy (non-hydrogen) atoms. The molecule has 0 aromatic heterocycles. The Morgan fingerprint density at radius 2 is 1.84 bits per heavy atom. The third-order valence-electron chi connectivity index (χ3n) is 3.88. The molecule has 7 heteroatoms.